The quantitative estimate of drug-likeness (QED) is 0.201. The highest BCUT2D eigenvalue weighted by Gasteiger charge is 2.25. The summed E-state index contributed by atoms with van der Waals surface area (Å²) in [4.78, 5) is 24.5. The van der Waals surface area contributed by atoms with Crippen LogP contribution < -0.4 is 10.1 Å². The lowest BCUT2D eigenvalue weighted by molar-refractivity contribution is -0.119. The Bertz CT molecular complexity index is 1430. The highest BCUT2D eigenvalue weighted by Crippen LogP contribution is 2.37. The summed E-state index contributed by atoms with van der Waals surface area (Å²) in [6.45, 7) is 4.63. The molecule has 1 aromatic heterocycles. The minimum atomic E-state index is -0.477. The highest BCUT2D eigenvalue weighted by molar-refractivity contribution is 9.10. The minimum Gasteiger partial charge on any atom is -0.493 e. The van der Waals surface area contributed by atoms with Crippen LogP contribution in [0.15, 0.2) is 53.0 Å². The number of rotatable bonds is 8. The molecule has 1 heterocycles. The smallest absolute Gasteiger partial charge is 0.355 e. The Morgan fingerprint density at radius 3 is 2.66 bits per heavy atom. The third-order valence-electron chi connectivity index (χ3n) is 5.87. The van der Waals surface area contributed by atoms with Gasteiger partial charge in [-0.25, -0.2) is 4.79 Å². The van der Waals surface area contributed by atoms with Crippen LogP contribution in [0.1, 0.15) is 35.0 Å². The number of ether oxygens (including phenoxy) is 2. The predicted octanol–water partition coefficient (Wildman–Crippen LogP) is 6.41. The van der Waals surface area contributed by atoms with Crippen molar-refractivity contribution in [1.29, 1.82) is 0 Å². The third kappa shape index (κ3) is 5.16. The Morgan fingerprint density at radius 2 is 1.91 bits per heavy atom. The fourth-order valence-electron chi connectivity index (χ4n) is 4.34. The third-order valence-corrected chi connectivity index (χ3v) is 7.23. The Balaban J connectivity index is 1.65. The Kier molecular flexibility index (Phi) is 7.67. The molecule has 0 bridgehead atoms. The van der Waals surface area contributed by atoms with Gasteiger partial charge < -0.3 is 19.4 Å². The molecule has 4 rings (SSSR count). The number of carbonyl (C=O) groups excluding carboxylic acids is 2. The molecular formula is C27H26BrClN2O4. The molecule has 0 radical (unpaired) electrons. The van der Waals surface area contributed by atoms with Gasteiger partial charge in [0.05, 0.1) is 24.3 Å². The molecule has 35 heavy (non-hydrogen) atoms. The van der Waals surface area contributed by atoms with E-state index in [1.54, 1.807) is 6.07 Å². The van der Waals surface area contributed by atoms with Crippen LogP contribution >= 0.6 is 27.5 Å². The summed E-state index contributed by atoms with van der Waals surface area (Å²) in [7, 11) is 1.35. The standard InChI is InChI=1S/C27H26BrClN2O4/c1-16-13-18-7-4-5-8-19(18)23(14-16)35-12-6-11-31-22-10-9-21(29)25(28)24(22)20(15-30-17(2)32)26(31)27(33)34-3/h4-5,7-10,13-14H,6,11-12,15H2,1-3H3,(H,30,32). The van der Waals surface area contributed by atoms with Crippen LogP contribution in [-0.4, -0.2) is 30.2 Å². The van der Waals surface area contributed by atoms with E-state index in [1.165, 1.54) is 14.0 Å². The van der Waals surface area contributed by atoms with E-state index in [4.69, 9.17) is 21.1 Å². The molecule has 182 valence electrons. The van der Waals surface area contributed by atoms with Crippen molar-refractivity contribution in [3.63, 3.8) is 0 Å². The van der Waals surface area contributed by atoms with E-state index < -0.39 is 5.97 Å². The number of carbonyl (C=O) groups is 2. The SMILES string of the molecule is COC(=O)c1c(CNC(C)=O)c2c(Br)c(Cl)ccc2n1CCCOc1cc(C)cc2ccccc12. The largest absolute Gasteiger partial charge is 0.493 e. The topological polar surface area (TPSA) is 69.6 Å². The fraction of sp³-hybridized carbons (Fsp3) is 0.259. The Morgan fingerprint density at radius 1 is 1.14 bits per heavy atom. The number of aryl methyl sites for hydroxylation is 2. The van der Waals surface area contributed by atoms with Crippen LogP contribution in [0.2, 0.25) is 5.02 Å². The van der Waals surface area contributed by atoms with E-state index in [0.717, 1.165) is 33.0 Å². The van der Waals surface area contributed by atoms with Gasteiger partial charge >= 0.3 is 5.97 Å². The lowest BCUT2D eigenvalue weighted by atomic mass is 10.1. The maximum Gasteiger partial charge on any atom is 0.355 e. The molecule has 6 nitrogen and oxygen atoms in total. The molecule has 0 aliphatic rings. The molecule has 3 aromatic carbocycles. The molecule has 0 fully saturated rings. The van der Waals surface area contributed by atoms with Gasteiger partial charge in [-0.3, -0.25) is 4.79 Å². The number of nitrogens with zero attached hydrogens (tertiary/aromatic N) is 1. The van der Waals surface area contributed by atoms with Crippen LogP contribution in [-0.2, 0) is 22.6 Å². The normalized spacial score (nSPS) is 11.1. The van der Waals surface area contributed by atoms with Gasteiger partial charge in [-0.1, -0.05) is 41.9 Å². The molecule has 0 spiro atoms. The van der Waals surface area contributed by atoms with Crippen molar-refractivity contribution in [3.8, 4) is 5.75 Å². The van der Waals surface area contributed by atoms with E-state index >= 15 is 0 Å². The average Bonchev–Trinajstić information content (AvgIpc) is 3.15. The van der Waals surface area contributed by atoms with Crippen LogP contribution in [0, 0.1) is 6.92 Å². The Hall–Kier alpha value is -3.03. The second-order valence-corrected chi connectivity index (χ2v) is 9.52. The number of hydrogen-bond acceptors (Lipinski definition) is 4. The highest BCUT2D eigenvalue weighted by atomic mass is 79.9. The number of halogens is 2. The summed E-state index contributed by atoms with van der Waals surface area (Å²) in [6, 6.07) is 16.0. The van der Waals surface area contributed by atoms with Crippen LogP contribution in [0.3, 0.4) is 0 Å². The van der Waals surface area contributed by atoms with Gasteiger partial charge in [0.25, 0.3) is 0 Å². The summed E-state index contributed by atoms with van der Waals surface area (Å²) in [5.74, 6) is 0.167. The molecular weight excluding hydrogens is 532 g/mol. The number of aromatic nitrogens is 1. The minimum absolute atomic E-state index is 0.175. The zero-order chi connectivity index (χ0) is 25.1. The molecule has 0 atom stereocenters. The lowest BCUT2D eigenvalue weighted by Crippen LogP contribution is -2.22. The summed E-state index contributed by atoms with van der Waals surface area (Å²) in [6.07, 6.45) is 0.649. The van der Waals surface area contributed by atoms with E-state index in [2.05, 4.69) is 39.4 Å². The molecule has 4 aromatic rings. The number of amides is 1. The van der Waals surface area contributed by atoms with E-state index in [9.17, 15) is 9.59 Å². The van der Waals surface area contributed by atoms with Crippen molar-refractivity contribution in [2.75, 3.05) is 13.7 Å². The molecule has 0 saturated carbocycles. The van der Waals surface area contributed by atoms with E-state index in [1.807, 2.05) is 35.8 Å². The van der Waals surface area contributed by atoms with Crippen LogP contribution in [0.5, 0.6) is 5.75 Å². The van der Waals surface area contributed by atoms with Crippen molar-refractivity contribution in [2.24, 2.45) is 0 Å². The zero-order valence-corrected chi connectivity index (χ0v) is 22.1. The van der Waals surface area contributed by atoms with Crippen molar-refractivity contribution in [3.05, 3.63) is 74.8 Å². The van der Waals surface area contributed by atoms with E-state index in [-0.39, 0.29) is 12.5 Å². The first kappa shape index (κ1) is 25.1. The molecule has 0 unspecified atom stereocenters. The molecule has 0 aliphatic carbocycles. The summed E-state index contributed by atoms with van der Waals surface area (Å²) in [5, 5.41) is 6.29. The Labute approximate surface area is 217 Å². The van der Waals surface area contributed by atoms with Gasteiger partial charge in [-0.2, -0.15) is 0 Å². The van der Waals surface area contributed by atoms with Crippen molar-refractivity contribution >= 4 is 61.1 Å². The summed E-state index contributed by atoms with van der Waals surface area (Å²) < 4.78 is 13.9. The molecule has 1 N–H and O–H groups in total. The van der Waals surface area contributed by atoms with Gasteiger partial charge in [0.15, 0.2) is 0 Å². The van der Waals surface area contributed by atoms with E-state index in [0.29, 0.717) is 40.3 Å². The van der Waals surface area contributed by atoms with Gasteiger partial charge in [0.1, 0.15) is 11.4 Å². The van der Waals surface area contributed by atoms with Gasteiger partial charge in [-0.05, 0) is 58.4 Å². The van der Waals surface area contributed by atoms with Crippen molar-refractivity contribution in [2.45, 2.75) is 33.4 Å². The van der Waals surface area contributed by atoms with Gasteiger partial charge in [0, 0.05) is 40.8 Å². The molecule has 0 saturated heterocycles. The average molecular weight is 558 g/mol. The first-order valence-corrected chi connectivity index (χ1v) is 12.4. The number of benzene rings is 3. The van der Waals surface area contributed by atoms with Crippen LogP contribution in [0.4, 0.5) is 0 Å². The van der Waals surface area contributed by atoms with Gasteiger partial charge in [0.2, 0.25) is 5.91 Å². The van der Waals surface area contributed by atoms with Crippen LogP contribution in [0.25, 0.3) is 21.7 Å². The number of methoxy groups -OCH3 is 1. The molecule has 8 heteroatoms. The second kappa shape index (κ2) is 10.7. The summed E-state index contributed by atoms with van der Waals surface area (Å²) >= 11 is 9.94. The first-order chi connectivity index (χ1) is 16.8. The van der Waals surface area contributed by atoms with Crippen molar-refractivity contribution in [1.82, 2.24) is 9.88 Å². The van der Waals surface area contributed by atoms with Crippen molar-refractivity contribution < 1.29 is 19.1 Å². The maximum absolute atomic E-state index is 12.9. The predicted molar refractivity (Wildman–Crippen MR) is 142 cm³/mol. The lowest BCUT2D eigenvalue weighted by Gasteiger charge is -2.13. The number of esters is 1. The fourth-order valence-corrected chi connectivity index (χ4v) is 5.08. The monoisotopic (exact) mass is 556 g/mol. The molecule has 1 amide bonds. The first-order valence-electron chi connectivity index (χ1n) is 11.3. The number of hydrogen-bond donors (Lipinski definition) is 1. The summed E-state index contributed by atoms with van der Waals surface area (Å²) in [5.41, 5.74) is 3.00. The number of fused-ring (bicyclic) bond motifs is 2. The second-order valence-electron chi connectivity index (χ2n) is 8.32. The van der Waals surface area contributed by atoms with Gasteiger partial charge in [-0.15, -0.1) is 0 Å². The zero-order valence-electron chi connectivity index (χ0n) is 19.8. The maximum atomic E-state index is 12.9. The number of nitrogens with one attached hydrogen (secondary N) is 1. The molecule has 0 aliphatic heterocycles.